The quantitative estimate of drug-likeness (QED) is 0.904. The summed E-state index contributed by atoms with van der Waals surface area (Å²) >= 11 is 0. The third-order valence-corrected chi connectivity index (χ3v) is 4.97. The lowest BCUT2D eigenvalue weighted by Gasteiger charge is -2.38. The molecule has 2 aliphatic rings. The lowest BCUT2D eigenvalue weighted by molar-refractivity contribution is -0.0388. The molecule has 1 N–H and O–H groups in total. The Morgan fingerprint density at radius 3 is 3.00 bits per heavy atom. The minimum Gasteiger partial charge on any atom is -0.448 e. The molecule has 128 valence electrons. The molecule has 0 spiro atoms. The van der Waals surface area contributed by atoms with Gasteiger partial charge in [-0.15, -0.1) is 5.10 Å². The van der Waals surface area contributed by atoms with E-state index in [1.807, 2.05) is 0 Å². The Balaban J connectivity index is 1.44. The van der Waals surface area contributed by atoms with Crippen molar-refractivity contribution in [2.75, 3.05) is 13.1 Å². The topological polar surface area (TPSA) is 97.3 Å². The van der Waals surface area contributed by atoms with Crippen LogP contribution in [0.1, 0.15) is 54.4 Å². The summed E-state index contributed by atoms with van der Waals surface area (Å²) < 4.78 is 7.07. The van der Waals surface area contributed by atoms with Crippen LogP contribution in [-0.2, 0) is 6.54 Å². The molecular weight excluding hydrogens is 310 g/mol. The summed E-state index contributed by atoms with van der Waals surface area (Å²) in [5.41, 5.74) is -0.663. The van der Waals surface area contributed by atoms with Gasteiger partial charge in [0.25, 0.3) is 5.91 Å². The summed E-state index contributed by atoms with van der Waals surface area (Å²) in [5.74, 6) is 0.845. The second-order valence-electron chi connectivity index (χ2n) is 6.85. The van der Waals surface area contributed by atoms with Crippen LogP contribution in [0.5, 0.6) is 0 Å². The molecule has 1 amide bonds. The van der Waals surface area contributed by atoms with Gasteiger partial charge in [0.1, 0.15) is 11.9 Å². The molecule has 24 heavy (non-hydrogen) atoms. The van der Waals surface area contributed by atoms with Gasteiger partial charge in [-0.1, -0.05) is 11.6 Å². The zero-order chi connectivity index (χ0) is 16.6. The van der Waals surface area contributed by atoms with E-state index < -0.39 is 5.60 Å². The highest BCUT2D eigenvalue weighted by molar-refractivity contribution is 5.92. The highest BCUT2D eigenvalue weighted by Gasteiger charge is 2.37. The largest absolute Gasteiger partial charge is 0.448 e. The number of aliphatic hydroxyl groups is 1. The van der Waals surface area contributed by atoms with E-state index in [4.69, 9.17) is 4.42 Å². The van der Waals surface area contributed by atoms with E-state index in [1.54, 1.807) is 22.0 Å². The molecule has 0 bridgehead atoms. The fraction of sp³-hybridized carbons (Fsp3) is 0.625. The molecule has 1 aliphatic heterocycles. The Labute approximate surface area is 139 Å². The number of oxazole rings is 1. The van der Waals surface area contributed by atoms with E-state index in [9.17, 15) is 9.90 Å². The summed E-state index contributed by atoms with van der Waals surface area (Å²) in [6, 6.07) is 0. The van der Waals surface area contributed by atoms with Gasteiger partial charge in [0.15, 0.2) is 11.6 Å². The number of carbonyl (C=O) groups is 1. The molecule has 2 aromatic rings. The van der Waals surface area contributed by atoms with Gasteiger partial charge in [0, 0.05) is 18.7 Å². The molecule has 8 nitrogen and oxygen atoms in total. The van der Waals surface area contributed by atoms with Crippen LogP contribution in [0.25, 0.3) is 0 Å². The molecule has 2 fully saturated rings. The van der Waals surface area contributed by atoms with E-state index in [0.717, 1.165) is 19.3 Å². The summed E-state index contributed by atoms with van der Waals surface area (Å²) in [5, 5.41) is 18.5. The average molecular weight is 331 g/mol. The van der Waals surface area contributed by atoms with Gasteiger partial charge < -0.3 is 14.4 Å². The molecule has 4 rings (SSSR count). The van der Waals surface area contributed by atoms with Crippen LogP contribution < -0.4 is 0 Å². The zero-order valence-corrected chi connectivity index (χ0v) is 13.5. The summed E-state index contributed by atoms with van der Waals surface area (Å²) in [4.78, 5) is 18.7. The lowest BCUT2D eigenvalue weighted by atomic mass is 9.85. The van der Waals surface area contributed by atoms with Crippen LogP contribution in [0.3, 0.4) is 0 Å². The van der Waals surface area contributed by atoms with Crippen molar-refractivity contribution in [1.82, 2.24) is 24.9 Å². The molecule has 0 radical (unpaired) electrons. The molecular formula is C16H21N5O3. The second-order valence-corrected chi connectivity index (χ2v) is 6.85. The SMILES string of the molecule is O=C(c1coc(C2CCC2)n1)N1CCCC(O)(Cn2ccnn2)C1. The Morgan fingerprint density at radius 1 is 1.42 bits per heavy atom. The monoisotopic (exact) mass is 331 g/mol. The number of likely N-dealkylation sites (tertiary alicyclic amines) is 1. The number of rotatable bonds is 4. The Hall–Kier alpha value is -2.22. The van der Waals surface area contributed by atoms with Gasteiger partial charge in [-0.05, 0) is 25.7 Å². The number of aromatic nitrogens is 4. The number of piperidine rings is 1. The molecule has 0 aromatic carbocycles. The predicted octanol–water partition coefficient (Wildman–Crippen LogP) is 1.20. The summed E-state index contributed by atoms with van der Waals surface area (Å²) in [6.45, 7) is 1.20. The van der Waals surface area contributed by atoms with Gasteiger partial charge in [0.05, 0.1) is 19.3 Å². The average Bonchev–Trinajstić information content (AvgIpc) is 3.16. The van der Waals surface area contributed by atoms with Gasteiger partial charge >= 0.3 is 0 Å². The van der Waals surface area contributed by atoms with Crippen LogP contribution in [-0.4, -0.2) is 54.6 Å². The number of nitrogens with zero attached hydrogens (tertiary/aromatic N) is 5. The van der Waals surface area contributed by atoms with Crippen molar-refractivity contribution in [1.29, 1.82) is 0 Å². The van der Waals surface area contributed by atoms with E-state index in [1.165, 1.54) is 12.7 Å². The van der Waals surface area contributed by atoms with Crippen molar-refractivity contribution in [3.05, 3.63) is 30.2 Å². The fourth-order valence-corrected chi connectivity index (χ4v) is 3.42. The van der Waals surface area contributed by atoms with Gasteiger partial charge in [-0.25, -0.2) is 9.67 Å². The van der Waals surface area contributed by atoms with Gasteiger partial charge in [-0.2, -0.15) is 0 Å². The van der Waals surface area contributed by atoms with Crippen LogP contribution in [0.4, 0.5) is 0 Å². The van der Waals surface area contributed by atoms with Crippen molar-refractivity contribution < 1.29 is 14.3 Å². The highest BCUT2D eigenvalue weighted by atomic mass is 16.3. The number of carbonyl (C=O) groups excluding carboxylic acids is 1. The lowest BCUT2D eigenvalue weighted by Crippen LogP contribution is -2.52. The molecule has 1 aliphatic carbocycles. The van der Waals surface area contributed by atoms with Crippen LogP contribution in [0.15, 0.2) is 23.1 Å². The van der Waals surface area contributed by atoms with Crippen molar-refractivity contribution in [3.8, 4) is 0 Å². The predicted molar refractivity (Wildman–Crippen MR) is 83.2 cm³/mol. The van der Waals surface area contributed by atoms with Crippen molar-refractivity contribution in [2.24, 2.45) is 0 Å². The maximum atomic E-state index is 12.7. The van der Waals surface area contributed by atoms with Gasteiger partial charge in [-0.3, -0.25) is 4.79 Å². The number of hydrogen-bond acceptors (Lipinski definition) is 6. The van der Waals surface area contributed by atoms with Crippen LogP contribution in [0, 0.1) is 0 Å². The molecule has 1 atom stereocenters. The number of hydrogen-bond donors (Lipinski definition) is 1. The third kappa shape index (κ3) is 2.93. The number of amides is 1. The van der Waals surface area contributed by atoms with E-state index >= 15 is 0 Å². The molecule has 1 unspecified atom stereocenters. The first-order valence-corrected chi connectivity index (χ1v) is 8.44. The normalized spacial score (nSPS) is 24.8. The Bertz CT molecular complexity index is 709. The second kappa shape index (κ2) is 6.01. The Kier molecular flexibility index (Phi) is 3.84. The summed E-state index contributed by atoms with van der Waals surface area (Å²) in [7, 11) is 0. The Morgan fingerprint density at radius 2 is 2.29 bits per heavy atom. The highest BCUT2D eigenvalue weighted by Crippen LogP contribution is 2.35. The third-order valence-electron chi connectivity index (χ3n) is 4.97. The van der Waals surface area contributed by atoms with E-state index in [0.29, 0.717) is 37.0 Å². The maximum Gasteiger partial charge on any atom is 0.275 e. The van der Waals surface area contributed by atoms with E-state index in [2.05, 4.69) is 15.3 Å². The summed E-state index contributed by atoms with van der Waals surface area (Å²) in [6.07, 6.45) is 9.45. The maximum absolute atomic E-state index is 12.7. The number of β-amino-alcohol motifs (C(OH)–C–C–N with tert-alkyl or cyclic N) is 1. The van der Waals surface area contributed by atoms with Crippen molar-refractivity contribution in [2.45, 2.75) is 50.2 Å². The molecule has 1 saturated carbocycles. The smallest absolute Gasteiger partial charge is 0.275 e. The zero-order valence-electron chi connectivity index (χ0n) is 13.5. The minimum absolute atomic E-state index is 0.180. The fourth-order valence-electron chi connectivity index (χ4n) is 3.42. The standard InChI is InChI=1S/C16H21N5O3/c22-15(13-9-24-14(18-13)12-3-1-4-12)20-7-2-5-16(23,10-20)11-21-8-6-17-19-21/h6,8-9,12,23H,1-5,7,10-11H2. The molecule has 8 heteroatoms. The molecule has 1 saturated heterocycles. The van der Waals surface area contributed by atoms with Crippen molar-refractivity contribution >= 4 is 5.91 Å². The van der Waals surface area contributed by atoms with E-state index in [-0.39, 0.29) is 12.5 Å². The first-order valence-electron chi connectivity index (χ1n) is 8.44. The first-order chi connectivity index (χ1) is 11.6. The van der Waals surface area contributed by atoms with Crippen LogP contribution in [0.2, 0.25) is 0 Å². The van der Waals surface area contributed by atoms with Gasteiger partial charge in [0.2, 0.25) is 0 Å². The first kappa shape index (κ1) is 15.3. The minimum atomic E-state index is -0.998. The molecule has 2 aromatic heterocycles. The molecule has 3 heterocycles. The van der Waals surface area contributed by atoms with Crippen molar-refractivity contribution in [3.63, 3.8) is 0 Å². The van der Waals surface area contributed by atoms with Crippen LogP contribution >= 0.6 is 0 Å².